The Bertz CT molecular complexity index is 499. The quantitative estimate of drug-likeness (QED) is 0.886. The highest BCUT2D eigenvalue weighted by atomic mass is 79.9. The van der Waals surface area contributed by atoms with Crippen molar-refractivity contribution in [2.45, 2.75) is 25.1 Å². The molecule has 1 amide bonds. The number of hydrogen-bond donors (Lipinski definition) is 1. The van der Waals surface area contributed by atoms with E-state index in [1.807, 2.05) is 0 Å². The minimum Gasteiger partial charge on any atom is -0.381 e. The van der Waals surface area contributed by atoms with Crippen LogP contribution in [-0.4, -0.2) is 25.2 Å². The van der Waals surface area contributed by atoms with Crippen molar-refractivity contribution in [3.8, 4) is 0 Å². The minimum absolute atomic E-state index is 0.136. The highest BCUT2D eigenvalue weighted by molar-refractivity contribution is 9.10. The number of ether oxygens (including phenoxy) is 1. The van der Waals surface area contributed by atoms with Gasteiger partial charge in [-0.2, -0.15) is 13.2 Å². The van der Waals surface area contributed by atoms with Crippen molar-refractivity contribution in [1.29, 1.82) is 0 Å². The summed E-state index contributed by atoms with van der Waals surface area (Å²) >= 11 is 3.02. The molecule has 0 atom stereocenters. The monoisotopic (exact) mass is 351 g/mol. The first-order valence-corrected chi connectivity index (χ1v) is 6.93. The van der Waals surface area contributed by atoms with Gasteiger partial charge in [-0.1, -0.05) is 6.07 Å². The van der Waals surface area contributed by atoms with Gasteiger partial charge in [0.2, 0.25) is 0 Å². The summed E-state index contributed by atoms with van der Waals surface area (Å²) in [6, 6.07) is 3.44. The van der Waals surface area contributed by atoms with Crippen molar-refractivity contribution in [3.05, 3.63) is 33.8 Å². The molecule has 0 bridgehead atoms. The van der Waals surface area contributed by atoms with E-state index in [2.05, 4.69) is 21.2 Å². The van der Waals surface area contributed by atoms with Gasteiger partial charge in [0.1, 0.15) is 0 Å². The molecule has 0 aromatic heterocycles. The SMILES string of the molecule is O=C(NC1CCOCC1)c1c(Br)cccc1C(F)(F)F. The van der Waals surface area contributed by atoms with Crippen LogP contribution in [0.2, 0.25) is 0 Å². The molecule has 1 aromatic carbocycles. The molecule has 3 nitrogen and oxygen atoms in total. The van der Waals surface area contributed by atoms with Crippen molar-refractivity contribution in [1.82, 2.24) is 5.32 Å². The lowest BCUT2D eigenvalue weighted by atomic mass is 10.0. The first kappa shape index (κ1) is 15.3. The second-order valence-electron chi connectivity index (χ2n) is 4.52. The summed E-state index contributed by atoms with van der Waals surface area (Å²) in [5.74, 6) is -0.711. The maximum atomic E-state index is 12.9. The average Bonchev–Trinajstić information content (AvgIpc) is 2.38. The predicted molar refractivity (Wildman–Crippen MR) is 70.5 cm³/mol. The molecule has 0 radical (unpaired) electrons. The van der Waals surface area contributed by atoms with Crippen LogP contribution in [0.25, 0.3) is 0 Å². The minimum atomic E-state index is -4.56. The molecule has 1 heterocycles. The Hall–Kier alpha value is -1.08. The Balaban J connectivity index is 2.24. The maximum Gasteiger partial charge on any atom is 0.417 e. The summed E-state index contributed by atoms with van der Waals surface area (Å²) in [5.41, 5.74) is -1.30. The van der Waals surface area contributed by atoms with Crippen LogP contribution < -0.4 is 5.32 Å². The third-order valence-corrected chi connectivity index (χ3v) is 3.76. The molecule has 7 heteroatoms. The van der Waals surface area contributed by atoms with Gasteiger partial charge >= 0.3 is 6.18 Å². The van der Waals surface area contributed by atoms with Crippen molar-refractivity contribution in [3.63, 3.8) is 0 Å². The summed E-state index contributed by atoms with van der Waals surface area (Å²) in [4.78, 5) is 12.1. The summed E-state index contributed by atoms with van der Waals surface area (Å²) in [5, 5.41) is 2.64. The Morgan fingerprint density at radius 3 is 2.55 bits per heavy atom. The standard InChI is InChI=1S/C13H13BrF3NO2/c14-10-3-1-2-9(13(15,16)17)11(10)12(19)18-8-4-6-20-7-5-8/h1-3,8H,4-7H2,(H,18,19). The molecule has 1 N–H and O–H groups in total. The van der Waals surface area contributed by atoms with E-state index < -0.39 is 17.6 Å². The third kappa shape index (κ3) is 3.52. The second kappa shape index (κ2) is 6.13. The number of nitrogens with one attached hydrogen (secondary N) is 1. The predicted octanol–water partition coefficient (Wildman–Crippen LogP) is 3.38. The van der Waals surface area contributed by atoms with Crippen LogP contribution in [0.5, 0.6) is 0 Å². The normalized spacial score (nSPS) is 17.0. The Morgan fingerprint density at radius 1 is 1.30 bits per heavy atom. The van der Waals surface area contributed by atoms with Gasteiger partial charge in [-0.25, -0.2) is 0 Å². The van der Waals surface area contributed by atoms with Gasteiger partial charge < -0.3 is 10.1 Å². The lowest BCUT2D eigenvalue weighted by Crippen LogP contribution is -2.39. The molecule has 2 rings (SSSR count). The summed E-state index contributed by atoms with van der Waals surface area (Å²) in [6.07, 6.45) is -3.35. The zero-order valence-corrected chi connectivity index (χ0v) is 12.1. The van der Waals surface area contributed by atoms with Crippen LogP contribution in [0.4, 0.5) is 13.2 Å². The van der Waals surface area contributed by atoms with Crippen molar-refractivity contribution in [2.75, 3.05) is 13.2 Å². The van der Waals surface area contributed by atoms with Crippen LogP contribution in [-0.2, 0) is 10.9 Å². The number of benzene rings is 1. The fourth-order valence-corrected chi connectivity index (χ4v) is 2.64. The van der Waals surface area contributed by atoms with Gasteiger partial charge in [0.05, 0.1) is 11.1 Å². The highest BCUT2D eigenvalue weighted by Crippen LogP contribution is 2.35. The van der Waals surface area contributed by atoms with E-state index >= 15 is 0 Å². The lowest BCUT2D eigenvalue weighted by Gasteiger charge is -2.24. The molecular formula is C13H13BrF3NO2. The molecule has 1 aliphatic heterocycles. The van der Waals surface area contributed by atoms with E-state index in [4.69, 9.17) is 4.74 Å². The van der Waals surface area contributed by atoms with E-state index in [0.717, 1.165) is 6.07 Å². The van der Waals surface area contributed by atoms with Crippen LogP contribution >= 0.6 is 15.9 Å². The van der Waals surface area contributed by atoms with Gasteiger partial charge in [0.15, 0.2) is 0 Å². The first-order valence-electron chi connectivity index (χ1n) is 6.14. The molecule has 1 aliphatic rings. The van der Waals surface area contributed by atoms with Crippen LogP contribution in [0.3, 0.4) is 0 Å². The van der Waals surface area contributed by atoms with Crippen molar-refractivity contribution < 1.29 is 22.7 Å². The highest BCUT2D eigenvalue weighted by Gasteiger charge is 2.36. The first-order chi connectivity index (χ1) is 9.39. The Labute approximate surface area is 122 Å². The molecule has 1 aromatic rings. The van der Waals surface area contributed by atoms with Gasteiger partial charge in [0.25, 0.3) is 5.91 Å². The zero-order chi connectivity index (χ0) is 14.8. The van der Waals surface area contributed by atoms with Crippen LogP contribution in [0.15, 0.2) is 22.7 Å². The van der Waals surface area contributed by atoms with E-state index in [-0.39, 0.29) is 16.1 Å². The fourth-order valence-electron chi connectivity index (χ4n) is 2.09. The smallest absolute Gasteiger partial charge is 0.381 e. The number of hydrogen-bond acceptors (Lipinski definition) is 2. The molecule has 20 heavy (non-hydrogen) atoms. The topological polar surface area (TPSA) is 38.3 Å². The van der Waals surface area contributed by atoms with Gasteiger partial charge in [-0.05, 0) is 40.9 Å². The van der Waals surface area contributed by atoms with Crippen molar-refractivity contribution in [2.24, 2.45) is 0 Å². The van der Waals surface area contributed by atoms with Crippen LogP contribution in [0.1, 0.15) is 28.8 Å². The molecule has 0 unspecified atom stereocenters. The van der Waals surface area contributed by atoms with E-state index in [1.54, 1.807) is 0 Å². The Morgan fingerprint density at radius 2 is 1.95 bits per heavy atom. The Kier molecular flexibility index (Phi) is 4.70. The summed E-state index contributed by atoms with van der Waals surface area (Å²) < 4.78 is 44.1. The number of carbonyl (C=O) groups excluding carboxylic acids is 1. The molecule has 110 valence electrons. The molecule has 1 saturated heterocycles. The number of rotatable bonds is 2. The summed E-state index contributed by atoms with van der Waals surface area (Å²) in [7, 11) is 0. The molecule has 0 saturated carbocycles. The largest absolute Gasteiger partial charge is 0.417 e. The molecule has 1 fully saturated rings. The fraction of sp³-hybridized carbons (Fsp3) is 0.462. The molecular weight excluding hydrogens is 339 g/mol. The second-order valence-corrected chi connectivity index (χ2v) is 5.37. The number of carbonyl (C=O) groups is 1. The number of halogens is 4. The number of amides is 1. The maximum absolute atomic E-state index is 12.9. The van der Waals surface area contributed by atoms with E-state index in [0.29, 0.717) is 26.1 Å². The van der Waals surface area contributed by atoms with Crippen LogP contribution in [0, 0.1) is 0 Å². The van der Waals surface area contributed by atoms with Gasteiger partial charge in [-0.15, -0.1) is 0 Å². The average molecular weight is 352 g/mol. The lowest BCUT2D eigenvalue weighted by molar-refractivity contribution is -0.138. The summed E-state index contributed by atoms with van der Waals surface area (Å²) in [6.45, 7) is 1.01. The molecule has 0 aliphatic carbocycles. The number of alkyl halides is 3. The van der Waals surface area contributed by atoms with E-state index in [1.165, 1.54) is 12.1 Å². The van der Waals surface area contributed by atoms with Gasteiger partial charge in [-0.3, -0.25) is 4.79 Å². The van der Waals surface area contributed by atoms with Crippen molar-refractivity contribution >= 4 is 21.8 Å². The third-order valence-electron chi connectivity index (χ3n) is 3.10. The van der Waals surface area contributed by atoms with Gasteiger partial charge in [0, 0.05) is 23.7 Å². The molecule has 0 spiro atoms. The zero-order valence-electron chi connectivity index (χ0n) is 10.5. The van der Waals surface area contributed by atoms with E-state index in [9.17, 15) is 18.0 Å².